The Morgan fingerprint density at radius 1 is 1.23 bits per heavy atom. The Bertz CT molecular complexity index is 695. The van der Waals surface area contributed by atoms with Crippen molar-refractivity contribution in [1.82, 2.24) is 4.98 Å². The van der Waals surface area contributed by atoms with Crippen LogP contribution < -0.4 is 14.4 Å². The fraction of sp³-hybridized carbons (Fsp3) is 0.294. The summed E-state index contributed by atoms with van der Waals surface area (Å²) in [5.74, 6) is 1.87. The van der Waals surface area contributed by atoms with E-state index in [1.54, 1.807) is 38.1 Å². The van der Waals surface area contributed by atoms with E-state index in [0.717, 1.165) is 11.3 Å². The molecular weight excluding hydrogens is 280 g/mol. The summed E-state index contributed by atoms with van der Waals surface area (Å²) in [6.07, 6.45) is 1.66. The lowest BCUT2D eigenvalue weighted by atomic mass is 10.0. The molecule has 1 aliphatic heterocycles. The fourth-order valence-corrected chi connectivity index (χ4v) is 2.46. The van der Waals surface area contributed by atoms with Gasteiger partial charge in [0.25, 0.3) is 5.91 Å². The topological polar surface area (TPSA) is 51.7 Å². The van der Waals surface area contributed by atoms with Gasteiger partial charge in [-0.1, -0.05) is 12.1 Å². The van der Waals surface area contributed by atoms with Gasteiger partial charge in [0, 0.05) is 6.20 Å². The van der Waals surface area contributed by atoms with Crippen LogP contribution in [0, 0.1) is 0 Å². The zero-order valence-electron chi connectivity index (χ0n) is 12.9. The van der Waals surface area contributed by atoms with E-state index in [2.05, 4.69) is 4.98 Å². The number of amides is 1. The van der Waals surface area contributed by atoms with E-state index in [0.29, 0.717) is 18.1 Å². The maximum atomic E-state index is 12.7. The number of nitrogens with zero attached hydrogens (tertiary/aromatic N) is 2. The summed E-state index contributed by atoms with van der Waals surface area (Å²) in [6.45, 7) is 3.98. The summed E-state index contributed by atoms with van der Waals surface area (Å²) in [7, 11) is 1.63. The SMILES string of the molecule is COc1ccc(CN2C(=O)C(C)(C)Oc3cccnc32)cc1. The normalized spacial score (nSPS) is 16.0. The van der Waals surface area contributed by atoms with Gasteiger partial charge >= 0.3 is 0 Å². The first-order valence-electron chi connectivity index (χ1n) is 7.10. The quantitative estimate of drug-likeness (QED) is 0.874. The Balaban J connectivity index is 1.95. The molecule has 1 aromatic carbocycles. The zero-order chi connectivity index (χ0) is 15.7. The maximum absolute atomic E-state index is 12.7. The Labute approximate surface area is 129 Å². The van der Waals surface area contributed by atoms with E-state index in [9.17, 15) is 4.79 Å². The van der Waals surface area contributed by atoms with Gasteiger partial charge < -0.3 is 9.47 Å². The monoisotopic (exact) mass is 298 g/mol. The molecule has 2 heterocycles. The molecule has 1 aromatic heterocycles. The molecule has 5 nitrogen and oxygen atoms in total. The second-order valence-corrected chi connectivity index (χ2v) is 5.68. The molecule has 0 unspecified atom stereocenters. The van der Waals surface area contributed by atoms with Crippen LogP contribution in [0.4, 0.5) is 5.82 Å². The summed E-state index contributed by atoms with van der Waals surface area (Å²) in [5, 5.41) is 0. The first-order chi connectivity index (χ1) is 10.5. The number of methoxy groups -OCH3 is 1. The largest absolute Gasteiger partial charge is 0.497 e. The van der Waals surface area contributed by atoms with Crippen molar-refractivity contribution in [3.8, 4) is 11.5 Å². The number of aromatic nitrogens is 1. The Morgan fingerprint density at radius 3 is 2.64 bits per heavy atom. The van der Waals surface area contributed by atoms with Crippen molar-refractivity contribution >= 4 is 11.7 Å². The minimum absolute atomic E-state index is 0.102. The van der Waals surface area contributed by atoms with Gasteiger partial charge in [-0.25, -0.2) is 4.98 Å². The molecule has 0 saturated carbocycles. The summed E-state index contributed by atoms with van der Waals surface area (Å²) >= 11 is 0. The van der Waals surface area contributed by atoms with Crippen LogP contribution in [0.5, 0.6) is 11.5 Å². The zero-order valence-corrected chi connectivity index (χ0v) is 12.9. The number of fused-ring (bicyclic) bond motifs is 1. The molecule has 2 aromatic rings. The van der Waals surface area contributed by atoms with Crippen LogP contribution >= 0.6 is 0 Å². The average Bonchev–Trinajstić information content (AvgIpc) is 2.52. The predicted molar refractivity (Wildman–Crippen MR) is 83.1 cm³/mol. The van der Waals surface area contributed by atoms with Crippen molar-refractivity contribution in [2.75, 3.05) is 12.0 Å². The molecule has 22 heavy (non-hydrogen) atoms. The molecule has 0 N–H and O–H groups in total. The fourth-order valence-electron chi connectivity index (χ4n) is 2.46. The van der Waals surface area contributed by atoms with Gasteiger partial charge in [0.15, 0.2) is 17.2 Å². The molecule has 0 aliphatic carbocycles. The summed E-state index contributed by atoms with van der Waals surface area (Å²) < 4.78 is 10.9. The second kappa shape index (κ2) is 5.33. The van der Waals surface area contributed by atoms with E-state index in [4.69, 9.17) is 9.47 Å². The number of pyridine rings is 1. The highest BCUT2D eigenvalue weighted by Crippen LogP contribution is 2.36. The van der Waals surface area contributed by atoms with Crippen molar-refractivity contribution in [2.24, 2.45) is 0 Å². The molecule has 1 amide bonds. The van der Waals surface area contributed by atoms with Crippen LogP contribution in [0.1, 0.15) is 19.4 Å². The van der Waals surface area contributed by atoms with E-state index in [1.807, 2.05) is 30.3 Å². The summed E-state index contributed by atoms with van der Waals surface area (Å²) in [6, 6.07) is 11.3. The van der Waals surface area contributed by atoms with Gasteiger partial charge in [-0.05, 0) is 43.7 Å². The average molecular weight is 298 g/mol. The highest BCUT2D eigenvalue weighted by Gasteiger charge is 2.41. The van der Waals surface area contributed by atoms with E-state index < -0.39 is 5.60 Å². The van der Waals surface area contributed by atoms with Crippen molar-refractivity contribution < 1.29 is 14.3 Å². The van der Waals surface area contributed by atoms with Crippen LogP contribution in [0.3, 0.4) is 0 Å². The van der Waals surface area contributed by atoms with Gasteiger partial charge in [-0.3, -0.25) is 9.69 Å². The lowest BCUT2D eigenvalue weighted by Crippen LogP contribution is -2.52. The third-order valence-electron chi connectivity index (χ3n) is 3.63. The standard InChI is InChI=1S/C17H18N2O3/c1-17(2)16(20)19(15-14(22-17)5-4-10-18-15)11-12-6-8-13(21-3)9-7-12/h4-10H,11H2,1-3H3. The Hall–Kier alpha value is -2.56. The molecule has 1 aliphatic rings. The van der Waals surface area contributed by atoms with Crippen LogP contribution in [0.2, 0.25) is 0 Å². The lowest BCUT2D eigenvalue weighted by Gasteiger charge is -2.37. The first-order valence-corrected chi connectivity index (χ1v) is 7.10. The maximum Gasteiger partial charge on any atom is 0.272 e. The number of rotatable bonds is 3. The van der Waals surface area contributed by atoms with Gasteiger partial charge in [0.1, 0.15) is 5.75 Å². The van der Waals surface area contributed by atoms with Crippen molar-refractivity contribution in [3.63, 3.8) is 0 Å². The number of anilines is 1. The van der Waals surface area contributed by atoms with Crippen LogP contribution in [-0.4, -0.2) is 23.6 Å². The number of carbonyl (C=O) groups is 1. The molecule has 0 spiro atoms. The predicted octanol–water partition coefficient (Wildman–Crippen LogP) is 2.79. The Morgan fingerprint density at radius 2 is 1.95 bits per heavy atom. The van der Waals surface area contributed by atoms with Crippen LogP contribution in [-0.2, 0) is 11.3 Å². The van der Waals surface area contributed by atoms with Crippen molar-refractivity contribution in [3.05, 3.63) is 48.2 Å². The molecule has 3 rings (SSSR count). The van der Waals surface area contributed by atoms with Crippen LogP contribution in [0.25, 0.3) is 0 Å². The molecule has 0 bridgehead atoms. The molecule has 5 heteroatoms. The van der Waals surface area contributed by atoms with Gasteiger partial charge in [0.05, 0.1) is 13.7 Å². The van der Waals surface area contributed by atoms with E-state index >= 15 is 0 Å². The minimum atomic E-state index is -0.900. The highest BCUT2D eigenvalue weighted by molar-refractivity contribution is 6.01. The van der Waals surface area contributed by atoms with E-state index in [1.165, 1.54) is 0 Å². The molecule has 114 valence electrons. The number of ether oxygens (including phenoxy) is 2. The number of hydrogen-bond donors (Lipinski definition) is 0. The van der Waals surface area contributed by atoms with Gasteiger partial charge in [0.2, 0.25) is 0 Å². The summed E-state index contributed by atoms with van der Waals surface area (Å²) in [4.78, 5) is 18.6. The second-order valence-electron chi connectivity index (χ2n) is 5.68. The number of benzene rings is 1. The van der Waals surface area contributed by atoms with Gasteiger partial charge in [-0.2, -0.15) is 0 Å². The highest BCUT2D eigenvalue weighted by atomic mass is 16.5. The third kappa shape index (κ3) is 2.50. The van der Waals surface area contributed by atoms with Crippen molar-refractivity contribution in [2.45, 2.75) is 26.0 Å². The molecule has 0 atom stereocenters. The van der Waals surface area contributed by atoms with E-state index in [-0.39, 0.29) is 5.91 Å². The minimum Gasteiger partial charge on any atom is -0.497 e. The van der Waals surface area contributed by atoms with Crippen LogP contribution in [0.15, 0.2) is 42.6 Å². The smallest absolute Gasteiger partial charge is 0.272 e. The van der Waals surface area contributed by atoms with Gasteiger partial charge in [-0.15, -0.1) is 0 Å². The lowest BCUT2D eigenvalue weighted by molar-refractivity contribution is -0.132. The molecule has 0 radical (unpaired) electrons. The Kier molecular flexibility index (Phi) is 3.48. The summed E-state index contributed by atoms with van der Waals surface area (Å²) in [5.41, 5.74) is 0.103. The number of hydrogen-bond acceptors (Lipinski definition) is 4. The number of carbonyl (C=O) groups excluding carboxylic acids is 1. The third-order valence-corrected chi connectivity index (χ3v) is 3.63. The molecule has 0 fully saturated rings. The molecular formula is C17H18N2O3. The first kappa shape index (κ1) is 14.4. The molecule has 0 saturated heterocycles. The van der Waals surface area contributed by atoms with Crippen molar-refractivity contribution in [1.29, 1.82) is 0 Å².